The van der Waals surface area contributed by atoms with Gasteiger partial charge in [0.25, 0.3) is 0 Å². The lowest BCUT2D eigenvalue weighted by Crippen LogP contribution is -2.28. The summed E-state index contributed by atoms with van der Waals surface area (Å²) in [7, 11) is 0. The van der Waals surface area contributed by atoms with Crippen LogP contribution >= 0.6 is 11.3 Å². The third-order valence-electron chi connectivity index (χ3n) is 3.73. The van der Waals surface area contributed by atoms with E-state index < -0.39 is 0 Å². The van der Waals surface area contributed by atoms with Crippen molar-refractivity contribution in [3.05, 3.63) is 23.2 Å². The first-order valence-electron chi connectivity index (χ1n) is 6.49. The Morgan fingerprint density at radius 1 is 1.39 bits per heavy atom. The maximum absolute atomic E-state index is 6.18. The molecule has 1 saturated heterocycles. The van der Waals surface area contributed by atoms with E-state index in [4.69, 9.17) is 9.47 Å². The lowest BCUT2D eigenvalue weighted by Gasteiger charge is -2.20. The first kappa shape index (κ1) is 10.8. The molecule has 3 atom stereocenters. The number of hydrogen-bond donors (Lipinski definition) is 0. The number of thiazole rings is 1. The van der Waals surface area contributed by atoms with Crippen molar-refractivity contribution in [3.63, 3.8) is 0 Å². The van der Waals surface area contributed by atoms with E-state index >= 15 is 0 Å². The molecular weight excluding hydrogens is 246 g/mol. The van der Waals surface area contributed by atoms with Gasteiger partial charge < -0.3 is 9.47 Å². The van der Waals surface area contributed by atoms with Crippen LogP contribution in [0.5, 0.6) is 5.75 Å². The molecule has 2 fully saturated rings. The van der Waals surface area contributed by atoms with Crippen molar-refractivity contribution in [3.8, 4) is 5.75 Å². The molecule has 0 N–H and O–H groups in total. The van der Waals surface area contributed by atoms with E-state index in [-0.39, 0.29) is 6.10 Å². The van der Waals surface area contributed by atoms with Crippen molar-refractivity contribution in [2.24, 2.45) is 0 Å². The van der Waals surface area contributed by atoms with Crippen LogP contribution in [0.2, 0.25) is 0 Å². The van der Waals surface area contributed by atoms with E-state index in [1.165, 1.54) is 12.8 Å². The zero-order chi connectivity index (χ0) is 12.1. The van der Waals surface area contributed by atoms with E-state index in [0.717, 1.165) is 27.4 Å². The topological polar surface area (TPSA) is 34.6 Å². The maximum atomic E-state index is 6.18. The van der Waals surface area contributed by atoms with Gasteiger partial charge >= 0.3 is 0 Å². The Bertz CT molecular complexity index is 594. The van der Waals surface area contributed by atoms with Crippen molar-refractivity contribution >= 4 is 21.6 Å². The molecule has 3 nitrogen and oxygen atoms in total. The molecule has 1 aromatic heterocycles. The maximum Gasteiger partial charge on any atom is 0.139 e. The molecule has 0 amide bonds. The van der Waals surface area contributed by atoms with E-state index in [1.807, 2.05) is 25.1 Å². The highest BCUT2D eigenvalue weighted by molar-refractivity contribution is 7.18. The molecule has 2 aliphatic rings. The second-order valence-electron chi connectivity index (χ2n) is 5.06. The Morgan fingerprint density at radius 2 is 2.33 bits per heavy atom. The largest absolute Gasteiger partial charge is 0.486 e. The number of hydrogen-bond acceptors (Lipinski definition) is 4. The highest BCUT2D eigenvalue weighted by Gasteiger charge is 2.48. The fraction of sp³-hybridized carbons (Fsp3) is 0.500. The molecule has 2 heterocycles. The Balaban J connectivity index is 1.65. The van der Waals surface area contributed by atoms with Crippen molar-refractivity contribution < 1.29 is 9.47 Å². The molecular formula is C14H15NO2S. The van der Waals surface area contributed by atoms with Gasteiger partial charge in [-0.25, -0.2) is 4.98 Å². The summed E-state index contributed by atoms with van der Waals surface area (Å²) in [4.78, 5) is 4.50. The molecule has 2 aromatic rings. The first-order chi connectivity index (χ1) is 8.81. The molecule has 1 aromatic carbocycles. The predicted molar refractivity (Wildman–Crippen MR) is 71.3 cm³/mol. The Kier molecular flexibility index (Phi) is 2.35. The summed E-state index contributed by atoms with van der Waals surface area (Å²) in [6.07, 6.45) is 4.55. The predicted octanol–water partition coefficient (Wildman–Crippen LogP) is 3.30. The van der Waals surface area contributed by atoms with Crippen molar-refractivity contribution in [1.29, 1.82) is 0 Å². The quantitative estimate of drug-likeness (QED) is 0.778. The van der Waals surface area contributed by atoms with E-state index in [1.54, 1.807) is 11.3 Å². The van der Waals surface area contributed by atoms with Gasteiger partial charge in [-0.3, -0.25) is 0 Å². The molecule has 94 valence electrons. The molecule has 0 spiro atoms. The standard InChI is InChI=1S/C14H15NO2S/c1-8-15-9-4-2-7-12(14(9)18-8)16-10-5-3-6-11-13(10)17-11/h2,4,7,10-11,13H,3,5-6H2,1H3. The summed E-state index contributed by atoms with van der Waals surface area (Å²) in [6, 6.07) is 6.11. The fourth-order valence-electron chi connectivity index (χ4n) is 2.82. The molecule has 0 radical (unpaired) electrons. The number of nitrogens with zero attached hydrogens (tertiary/aromatic N) is 1. The van der Waals surface area contributed by atoms with E-state index in [0.29, 0.717) is 12.2 Å². The second-order valence-corrected chi connectivity index (χ2v) is 6.27. The molecule has 4 rings (SSSR count). The minimum atomic E-state index is 0.233. The van der Waals surface area contributed by atoms with Crippen LogP contribution in [0.3, 0.4) is 0 Å². The van der Waals surface area contributed by atoms with Gasteiger partial charge in [0.2, 0.25) is 0 Å². The number of aromatic nitrogens is 1. The van der Waals surface area contributed by atoms with Crippen molar-refractivity contribution in [1.82, 2.24) is 4.98 Å². The van der Waals surface area contributed by atoms with Crippen molar-refractivity contribution in [2.45, 2.75) is 44.5 Å². The summed E-state index contributed by atoms with van der Waals surface area (Å²) in [5.74, 6) is 0.972. The summed E-state index contributed by atoms with van der Waals surface area (Å²) < 4.78 is 13.0. The number of aryl methyl sites for hydroxylation is 1. The summed E-state index contributed by atoms with van der Waals surface area (Å²) in [6.45, 7) is 2.04. The minimum Gasteiger partial charge on any atom is -0.486 e. The van der Waals surface area contributed by atoms with Crippen molar-refractivity contribution in [2.75, 3.05) is 0 Å². The van der Waals surface area contributed by atoms with Gasteiger partial charge in [-0.15, -0.1) is 11.3 Å². The SMILES string of the molecule is Cc1nc2cccc(OC3CCCC4OC34)c2s1. The smallest absolute Gasteiger partial charge is 0.139 e. The zero-order valence-electron chi connectivity index (χ0n) is 10.3. The molecule has 1 aliphatic carbocycles. The van der Waals surface area contributed by atoms with E-state index in [9.17, 15) is 0 Å². The van der Waals surface area contributed by atoms with Gasteiger partial charge in [0.15, 0.2) is 0 Å². The zero-order valence-corrected chi connectivity index (χ0v) is 11.1. The Labute approximate surface area is 110 Å². The third-order valence-corrected chi connectivity index (χ3v) is 4.73. The monoisotopic (exact) mass is 261 g/mol. The van der Waals surface area contributed by atoms with Crippen LogP contribution < -0.4 is 4.74 Å². The molecule has 4 heteroatoms. The highest BCUT2D eigenvalue weighted by Crippen LogP contribution is 2.40. The number of epoxide rings is 1. The number of rotatable bonds is 2. The van der Waals surface area contributed by atoms with E-state index in [2.05, 4.69) is 4.98 Å². The summed E-state index contributed by atoms with van der Waals surface area (Å²) in [5.41, 5.74) is 1.04. The van der Waals surface area contributed by atoms with Crippen LogP contribution in [0.1, 0.15) is 24.3 Å². The minimum absolute atomic E-state index is 0.233. The van der Waals surface area contributed by atoms with Crippen LogP contribution in [0.25, 0.3) is 10.2 Å². The van der Waals surface area contributed by atoms with Gasteiger partial charge in [-0.1, -0.05) is 6.07 Å². The Hall–Kier alpha value is -1.13. The van der Waals surface area contributed by atoms with Gasteiger partial charge in [-0.2, -0.15) is 0 Å². The molecule has 1 saturated carbocycles. The summed E-state index contributed by atoms with van der Waals surface area (Å²) in [5, 5.41) is 1.09. The number of benzene rings is 1. The Morgan fingerprint density at radius 3 is 3.28 bits per heavy atom. The molecule has 18 heavy (non-hydrogen) atoms. The highest BCUT2D eigenvalue weighted by atomic mass is 32.1. The van der Waals surface area contributed by atoms with Gasteiger partial charge in [0.05, 0.1) is 21.3 Å². The third kappa shape index (κ3) is 1.71. The first-order valence-corrected chi connectivity index (χ1v) is 7.31. The number of ether oxygens (including phenoxy) is 2. The average Bonchev–Trinajstić information content (AvgIpc) is 3.05. The van der Waals surface area contributed by atoms with Gasteiger partial charge in [0.1, 0.15) is 18.0 Å². The normalized spacial score (nSPS) is 30.2. The number of fused-ring (bicyclic) bond motifs is 2. The lowest BCUT2D eigenvalue weighted by molar-refractivity contribution is 0.150. The fourth-order valence-corrected chi connectivity index (χ4v) is 3.69. The molecule has 1 aliphatic heterocycles. The molecule has 3 unspecified atom stereocenters. The van der Waals surface area contributed by atoms with Crippen LogP contribution in [-0.4, -0.2) is 23.3 Å². The summed E-state index contributed by atoms with van der Waals surface area (Å²) >= 11 is 1.71. The lowest BCUT2D eigenvalue weighted by atomic mass is 9.98. The van der Waals surface area contributed by atoms with Crippen LogP contribution in [0.15, 0.2) is 18.2 Å². The van der Waals surface area contributed by atoms with Crippen LogP contribution in [-0.2, 0) is 4.74 Å². The van der Waals surface area contributed by atoms with Crippen LogP contribution in [0, 0.1) is 6.92 Å². The van der Waals surface area contributed by atoms with Gasteiger partial charge in [0, 0.05) is 0 Å². The molecule has 0 bridgehead atoms. The second kappa shape index (κ2) is 3.93. The average molecular weight is 261 g/mol. The van der Waals surface area contributed by atoms with Gasteiger partial charge in [-0.05, 0) is 38.3 Å². The van der Waals surface area contributed by atoms with Crippen LogP contribution in [0.4, 0.5) is 0 Å².